The van der Waals surface area contributed by atoms with E-state index in [1.54, 1.807) is 0 Å². The van der Waals surface area contributed by atoms with Crippen molar-refractivity contribution in [2.24, 2.45) is 5.73 Å². The highest BCUT2D eigenvalue weighted by Gasteiger charge is 2.30. The van der Waals surface area contributed by atoms with Gasteiger partial charge in [0.05, 0.1) is 6.04 Å². The van der Waals surface area contributed by atoms with Crippen molar-refractivity contribution in [1.82, 2.24) is 15.0 Å². The van der Waals surface area contributed by atoms with Crippen LogP contribution in [0.15, 0.2) is 28.8 Å². The van der Waals surface area contributed by atoms with E-state index in [1.807, 2.05) is 12.1 Å². The number of amides is 1. The van der Waals surface area contributed by atoms with Gasteiger partial charge in [-0.15, -0.1) is 0 Å². The Morgan fingerprint density at radius 2 is 2.17 bits per heavy atom. The number of nitrogens with zero attached hydrogens (tertiary/aromatic N) is 3. The minimum atomic E-state index is -0.660. The summed E-state index contributed by atoms with van der Waals surface area (Å²) in [7, 11) is 0. The Balaban J connectivity index is 1.56. The molecule has 6 nitrogen and oxygen atoms in total. The zero-order valence-corrected chi connectivity index (χ0v) is 13.5. The first-order valence-electron chi connectivity index (χ1n) is 7.75. The summed E-state index contributed by atoms with van der Waals surface area (Å²) in [5, 5.41) is 4.39. The highest BCUT2D eigenvalue weighted by molar-refractivity contribution is 6.30. The van der Waals surface area contributed by atoms with Crippen molar-refractivity contribution in [2.75, 3.05) is 13.1 Å². The fraction of sp³-hybridized carbons (Fsp3) is 0.438. The van der Waals surface area contributed by atoms with Crippen LogP contribution in [0.3, 0.4) is 0 Å². The summed E-state index contributed by atoms with van der Waals surface area (Å²) in [5.41, 5.74) is 6.45. The third-order valence-electron chi connectivity index (χ3n) is 4.13. The summed E-state index contributed by atoms with van der Waals surface area (Å²) in [4.78, 5) is 17.5. The van der Waals surface area contributed by atoms with E-state index in [4.69, 9.17) is 21.9 Å². The number of carbonyl (C=O) groups is 1. The SMILES string of the molecule is NC(=O)c1noc([C@@H]2CCCN2CCCc2ccc(Cl)cc2)n1. The first kappa shape index (κ1) is 16.0. The molecule has 1 aromatic heterocycles. The Kier molecular flexibility index (Phi) is 4.93. The van der Waals surface area contributed by atoms with Crippen molar-refractivity contribution in [3.63, 3.8) is 0 Å². The Morgan fingerprint density at radius 1 is 1.39 bits per heavy atom. The van der Waals surface area contributed by atoms with E-state index in [2.05, 4.69) is 27.2 Å². The highest BCUT2D eigenvalue weighted by atomic mass is 35.5. The van der Waals surface area contributed by atoms with Crippen molar-refractivity contribution >= 4 is 17.5 Å². The number of halogens is 1. The number of aryl methyl sites for hydroxylation is 1. The number of rotatable bonds is 6. The molecule has 1 aliphatic rings. The van der Waals surface area contributed by atoms with Crippen LogP contribution in [0.4, 0.5) is 0 Å². The molecule has 2 heterocycles. The molecule has 2 N–H and O–H groups in total. The lowest BCUT2D eigenvalue weighted by Crippen LogP contribution is -2.25. The molecule has 23 heavy (non-hydrogen) atoms. The molecule has 122 valence electrons. The van der Waals surface area contributed by atoms with Gasteiger partial charge in [-0.1, -0.05) is 28.9 Å². The first-order chi connectivity index (χ1) is 11.1. The van der Waals surface area contributed by atoms with Crippen LogP contribution < -0.4 is 5.73 Å². The normalized spacial score (nSPS) is 18.4. The van der Waals surface area contributed by atoms with E-state index in [0.29, 0.717) is 5.89 Å². The second-order valence-electron chi connectivity index (χ2n) is 5.74. The first-order valence-corrected chi connectivity index (χ1v) is 8.13. The van der Waals surface area contributed by atoms with Gasteiger partial charge in [-0.05, 0) is 56.5 Å². The summed E-state index contributed by atoms with van der Waals surface area (Å²) < 4.78 is 5.20. The summed E-state index contributed by atoms with van der Waals surface area (Å²) in [6.07, 6.45) is 4.08. The fourth-order valence-corrected chi connectivity index (χ4v) is 3.11. The number of primary amides is 1. The minimum Gasteiger partial charge on any atom is -0.363 e. The van der Waals surface area contributed by atoms with Crippen LogP contribution in [0.1, 0.15) is 47.4 Å². The molecule has 1 fully saturated rings. The predicted molar refractivity (Wildman–Crippen MR) is 86.1 cm³/mol. The summed E-state index contributed by atoms with van der Waals surface area (Å²) in [6, 6.07) is 8.03. The molecule has 1 saturated heterocycles. The summed E-state index contributed by atoms with van der Waals surface area (Å²) in [6.45, 7) is 1.95. The Morgan fingerprint density at radius 3 is 2.87 bits per heavy atom. The average molecular weight is 335 g/mol. The number of carbonyl (C=O) groups excluding carboxylic acids is 1. The van der Waals surface area contributed by atoms with Gasteiger partial charge in [0.15, 0.2) is 0 Å². The zero-order valence-electron chi connectivity index (χ0n) is 12.7. The van der Waals surface area contributed by atoms with Gasteiger partial charge in [0.2, 0.25) is 5.89 Å². The number of likely N-dealkylation sites (tertiary alicyclic amines) is 1. The Labute approximate surface area is 139 Å². The van der Waals surface area contributed by atoms with Crippen molar-refractivity contribution in [2.45, 2.75) is 31.7 Å². The van der Waals surface area contributed by atoms with Gasteiger partial charge in [0.1, 0.15) is 0 Å². The Hall–Kier alpha value is -1.92. The quantitative estimate of drug-likeness (QED) is 0.877. The van der Waals surface area contributed by atoms with Crippen LogP contribution in [0, 0.1) is 0 Å². The van der Waals surface area contributed by atoms with Gasteiger partial charge in [0, 0.05) is 5.02 Å². The molecule has 7 heteroatoms. The highest BCUT2D eigenvalue weighted by Crippen LogP contribution is 2.30. The standard InChI is InChI=1S/C16H19ClN4O2/c17-12-7-5-11(6-8-12)3-1-9-21-10-2-4-13(21)16-19-15(14(18)22)20-23-16/h5-8,13H,1-4,9-10H2,(H2,18,22)/t13-/m0/s1. The molecule has 2 aromatic rings. The summed E-state index contributed by atoms with van der Waals surface area (Å²) in [5.74, 6) is -0.219. The van der Waals surface area contributed by atoms with Crippen molar-refractivity contribution in [3.8, 4) is 0 Å². The molecule has 1 aliphatic heterocycles. The molecule has 0 unspecified atom stereocenters. The van der Waals surface area contributed by atoms with Gasteiger partial charge >= 0.3 is 0 Å². The third-order valence-corrected chi connectivity index (χ3v) is 4.39. The molecule has 3 rings (SSSR count). The molecule has 1 amide bonds. The summed E-state index contributed by atoms with van der Waals surface area (Å²) >= 11 is 5.90. The molecule has 0 aliphatic carbocycles. The monoisotopic (exact) mass is 334 g/mol. The molecule has 0 saturated carbocycles. The second kappa shape index (κ2) is 7.10. The molecule has 1 atom stereocenters. The van der Waals surface area contributed by atoms with Gasteiger partial charge in [-0.25, -0.2) is 0 Å². The van der Waals surface area contributed by atoms with E-state index < -0.39 is 5.91 Å². The van der Waals surface area contributed by atoms with Crippen LogP contribution in [0.25, 0.3) is 0 Å². The number of benzene rings is 1. The number of hydrogen-bond donors (Lipinski definition) is 1. The average Bonchev–Trinajstić information content (AvgIpc) is 3.17. The minimum absolute atomic E-state index is 0.0481. The molecular weight excluding hydrogens is 316 g/mol. The van der Waals surface area contributed by atoms with Gasteiger partial charge in [0.25, 0.3) is 11.7 Å². The lowest BCUT2D eigenvalue weighted by molar-refractivity contribution is 0.0987. The van der Waals surface area contributed by atoms with Crippen molar-refractivity contribution in [3.05, 3.63) is 46.6 Å². The van der Waals surface area contributed by atoms with E-state index in [-0.39, 0.29) is 11.9 Å². The maximum Gasteiger partial charge on any atom is 0.290 e. The predicted octanol–water partition coefficient (Wildman–Crippen LogP) is 2.59. The van der Waals surface area contributed by atoms with E-state index in [9.17, 15) is 4.79 Å². The molecule has 0 bridgehead atoms. The molecule has 0 radical (unpaired) electrons. The fourth-order valence-electron chi connectivity index (χ4n) is 2.98. The molecule has 0 spiro atoms. The molecular formula is C16H19ClN4O2. The molecule has 1 aromatic carbocycles. The second-order valence-corrected chi connectivity index (χ2v) is 6.18. The van der Waals surface area contributed by atoms with Crippen molar-refractivity contribution in [1.29, 1.82) is 0 Å². The van der Waals surface area contributed by atoms with Crippen LogP contribution in [0.2, 0.25) is 5.02 Å². The zero-order chi connectivity index (χ0) is 16.2. The van der Waals surface area contributed by atoms with Crippen LogP contribution in [-0.4, -0.2) is 34.0 Å². The van der Waals surface area contributed by atoms with Gasteiger partial charge in [-0.2, -0.15) is 4.98 Å². The van der Waals surface area contributed by atoms with Crippen molar-refractivity contribution < 1.29 is 9.32 Å². The lowest BCUT2D eigenvalue weighted by atomic mass is 10.1. The van der Waals surface area contributed by atoms with Crippen LogP contribution >= 0.6 is 11.6 Å². The van der Waals surface area contributed by atoms with Gasteiger partial charge < -0.3 is 10.3 Å². The topological polar surface area (TPSA) is 85.2 Å². The van der Waals surface area contributed by atoms with Gasteiger partial charge in [-0.3, -0.25) is 9.69 Å². The third kappa shape index (κ3) is 3.89. The smallest absolute Gasteiger partial charge is 0.290 e. The van der Waals surface area contributed by atoms with Crippen LogP contribution in [0.5, 0.6) is 0 Å². The van der Waals surface area contributed by atoms with E-state index >= 15 is 0 Å². The number of hydrogen-bond acceptors (Lipinski definition) is 5. The maximum atomic E-state index is 11.1. The largest absolute Gasteiger partial charge is 0.363 e. The lowest BCUT2D eigenvalue weighted by Gasteiger charge is -2.21. The van der Waals surface area contributed by atoms with E-state index in [1.165, 1.54) is 5.56 Å². The maximum absolute atomic E-state index is 11.1. The Bertz CT molecular complexity index is 671. The van der Waals surface area contributed by atoms with Crippen LogP contribution in [-0.2, 0) is 6.42 Å². The number of aromatic nitrogens is 2. The van der Waals surface area contributed by atoms with E-state index in [0.717, 1.165) is 43.8 Å². The number of nitrogens with two attached hydrogens (primary N) is 1.